The van der Waals surface area contributed by atoms with Crippen LogP contribution in [0.25, 0.3) is 0 Å². The molecule has 0 saturated carbocycles. The van der Waals surface area contributed by atoms with Gasteiger partial charge in [-0.3, -0.25) is 4.79 Å². The summed E-state index contributed by atoms with van der Waals surface area (Å²) < 4.78 is 0. The summed E-state index contributed by atoms with van der Waals surface area (Å²) in [7, 11) is 0. The van der Waals surface area contributed by atoms with Gasteiger partial charge in [0.05, 0.1) is 0 Å². The molecule has 0 aromatic heterocycles. The zero-order valence-electron chi connectivity index (χ0n) is 11.8. The van der Waals surface area contributed by atoms with Crippen molar-refractivity contribution in [2.75, 3.05) is 13.1 Å². The lowest BCUT2D eigenvalue weighted by Gasteiger charge is -2.46. The maximum absolute atomic E-state index is 12.1. The maximum atomic E-state index is 12.1. The summed E-state index contributed by atoms with van der Waals surface area (Å²) in [6.45, 7) is 14.2. The van der Waals surface area contributed by atoms with Gasteiger partial charge in [0.1, 0.15) is 0 Å². The quantitative estimate of drug-likeness (QED) is 0.685. The van der Waals surface area contributed by atoms with Gasteiger partial charge in [-0.1, -0.05) is 33.8 Å². The zero-order valence-corrected chi connectivity index (χ0v) is 11.8. The third-order valence-electron chi connectivity index (χ3n) is 4.19. The van der Waals surface area contributed by atoms with Crippen LogP contribution in [0.2, 0.25) is 0 Å². The van der Waals surface area contributed by atoms with E-state index in [9.17, 15) is 4.79 Å². The summed E-state index contributed by atoms with van der Waals surface area (Å²) in [6.07, 6.45) is 5.39. The Hall–Kier alpha value is -0.790. The van der Waals surface area contributed by atoms with Crippen LogP contribution >= 0.6 is 0 Å². The molecule has 1 fully saturated rings. The van der Waals surface area contributed by atoms with Crippen LogP contribution in [0.3, 0.4) is 0 Å². The van der Waals surface area contributed by atoms with Crippen LogP contribution in [-0.2, 0) is 4.79 Å². The lowest BCUT2D eigenvalue weighted by molar-refractivity contribution is -0.138. The van der Waals surface area contributed by atoms with E-state index < -0.39 is 0 Å². The van der Waals surface area contributed by atoms with Crippen molar-refractivity contribution in [2.45, 2.75) is 47.0 Å². The second kappa shape index (κ2) is 5.70. The summed E-state index contributed by atoms with van der Waals surface area (Å²) >= 11 is 0. The average Bonchev–Trinajstić information content (AvgIpc) is 2.28. The van der Waals surface area contributed by atoms with Gasteiger partial charge in [0.15, 0.2) is 0 Å². The highest BCUT2D eigenvalue weighted by molar-refractivity contribution is 5.78. The Labute approximate surface area is 106 Å². The van der Waals surface area contributed by atoms with Crippen molar-refractivity contribution in [1.29, 1.82) is 0 Å². The molecule has 0 N–H and O–H groups in total. The molecule has 1 saturated heterocycles. The fourth-order valence-corrected chi connectivity index (χ4v) is 2.87. The van der Waals surface area contributed by atoms with Crippen molar-refractivity contribution in [3.05, 3.63) is 12.7 Å². The molecule has 0 spiro atoms. The van der Waals surface area contributed by atoms with Gasteiger partial charge >= 0.3 is 0 Å². The summed E-state index contributed by atoms with van der Waals surface area (Å²) in [6, 6.07) is 0. The number of piperidine rings is 1. The predicted molar refractivity (Wildman–Crippen MR) is 72.7 cm³/mol. The first-order chi connectivity index (χ1) is 7.93. The monoisotopic (exact) mass is 237 g/mol. The van der Waals surface area contributed by atoms with Crippen molar-refractivity contribution in [3.8, 4) is 0 Å². The first kappa shape index (κ1) is 14.3. The van der Waals surface area contributed by atoms with Gasteiger partial charge in [0, 0.05) is 19.0 Å². The summed E-state index contributed by atoms with van der Waals surface area (Å²) in [5.74, 6) is 1.02. The minimum atomic E-state index is 0.113. The minimum Gasteiger partial charge on any atom is -0.342 e. The smallest absolute Gasteiger partial charge is 0.225 e. The third kappa shape index (κ3) is 3.11. The van der Waals surface area contributed by atoms with E-state index in [-0.39, 0.29) is 11.3 Å². The highest BCUT2D eigenvalue weighted by Gasteiger charge is 2.38. The highest BCUT2D eigenvalue weighted by Crippen LogP contribution is 2.40. The second-order valence-corrected chi connectivity index (χ2v) is 6.03. The van der Waals surface area contributed by atoms with Gasteiger partial charge in [-0.2, -0.15) is 0 Å². The molecule has 1 atom stereocenters. The summed E-state index contributed by atoms with van der Waals surface area (Å²) in [4.78, 5) is 14.2. The van der Waals surface area contributed by atoms with E-state index in [1.54, 1.807) is 0 Å². The molecule has 2 heteroatoms. The van der Waals surface area contributed by atoms with E-state index >= 15 is 0 Å². The number of nitrogens with zero attached hydrogens (tertiary/aromatic N) is 1. The van der Waals surface area contributed by atoms with E-state index in [1.165, 1.54) is 6.42 Å². The van der Waals surface area contributed by atoms with Gasteiger partial charge < -0.3 is 4.90 Å². The van der Waals surface area contributed by atoms with Crippen molar-refractivity contribution >= 4 is 5.91 Å². The molecule has 1 aliphatic heterocycles. The number of rotatable bonds is 4. The van der Waals surface area contributed by atoms with Crippen LogP contribution < -0.4 is 0 Å². The molecule has 1 amide bonds. The Morgan fingerprint density at radius 1 is 1.41 bits per heavy atom. The number of hydrogen-bond donors (Lipinski definition) is 0. The van der Waals surface area contributed by atoms with E-state index in [2.05, 4.69) is 25.3 Å². The second-order valence-electron chi connectivity index (χ2n) is 6.03. The Morgan fingerprint density at radius 3 is 2.53 bits per heavy atom. The van der Waals surface area contributed by atoms with Gasteiger partial charge in [0.25, 0.3) is 0 Å². The van der Waals surface area contributed by atoms with Crippen LogP contribution in [0.5, 0.6) is 0 Å². The zero-order chi connectivity index (χ0) is 13.1. The molecule has 1 heterocycles. The predicted octanol–water partition coefficient (Wildman–Crippen LogP) is 3.48. The molecule has 1 aliphatic rings. The van der Waals surface area contributed by atoms with Crippen molar-refractivity contribution < 1.29 is 4.79 Å². The fourth-order valence-electron chi connectivity index (χ4n) is 2.87. The first-order valence-corrected chi connectivity index (χ1v) is 6.82. The number of carbonyl (C=O) groups is 1. The number of allylic oxidation sites excluding steroid dienone is 1. The normalized spacial score (nSPS) is 25.4. The molecule has 0 aromatic carbocycles. The van der Waals surface area contributed by atoms with E-state index in [0.29, 0.717) is 11.8 Å². The van der Waals surface area contributed by atoms with Gasteiger partial charge in [-0.05, 0) is 30.6 Å². The number of hydrogen-bond acceptors (Lipinski definition) is 1. The Balaban J connectivity index is 2.81. The van der Waals surface area contributed by atoms with Gasteiger partial charge in [-0.25, -0.2) is 0 Å². The first-order valence-electron chi connectivity index (χ1n) is 6.82. The molecule has 1 unspecified atom stereocenters. The van der Waals surface area contributed by atoms with Crippen molar-refractivity contribution in [3.63, 3.8) is 0 Å². The molecule has 2 nitrogen and oxygen atoms in total. The minimum absolute atomic E-state index is 0.113. The van der Waals surface area contributed by atoms with E-state index in [0.717, 1.165) is 25.9 Å². The molecule has 98 valence electrons. The molecule has 0 bridgehead atoms. The topological polar surface area (TPSA) is 20.3 Å². The molecule has 1 rings (SSSR count). The molecular weight excluding hydrogens is 210 g/mol. The molecule has 0 aromatic rings. The average molecular weight is 237 g/mol. The lowest BCUT2D eigenvalue weighted by atomic mass is 9.69. The molecule has 17 heavy (non-hydrogen) atoms. The number of amides is 1. The largest absolute Gasteiger partial charge is 0.342 e. The van der Waals surface area contributed by atoms with Crippen molar-refractivity contribution in [1.82, 2.24) is 4.90 Å². The maximum Gasteiger partial charge on any atom is 0.225 e. The van der Waals surface area contributed by atoms with Crippen molar-refractivity contribution in [2.24, 2.45) is 17.3 Å². The van der Waals surface area contributed by atoms with Crippen LogP contribution in [-0.4, -0.2) is 23.9 Å². The Morgan fingerprint density at radius 2 is 2.06 bits per heavy atom. The molecule has 0 aliphatic carbocycles. The van der Waals surface area contributed by atoms with Gasteiger partial charge in [0.2, 0.25) is 5.91 Å². The summed E-state index contributed by atoms with van der Waals surface area (Å²) in [5, 5.41) is 0. The third-order valence-corrected chi connectivity index (χ3v) is 4.19. The van der Waals surface area contributed by atoms with Crippen LogP contribution in [0.4, 0.5) is 0 Å². The number of likely N-dealkylation sites (tertiary alicyclic amines) is 1. The van der Waals surface area contributed by atoms with E-state index in [4.69, 9.17) is 0 Å². The number of carbonyl (C=O) groups excluding carboxylic acids is 1. The van der Waals surface area contributed by atoms with Gasteiger partial charge in [-0.15, -0.1) is 6.58 Å². The van der Waals surface area contributed by atoms with Crippen LogP contribution in [0.1, 0.15) is 47.0 Å². The standard InChI is InChI=1S/C15H27NO/c1-6-8-15(13(4)5)9-7-10-16(11-15)14(17)12(2)3/h6,12-13H,1,7-11H2,2-5H3. The molecular formula is C15H27NO. The summed E-state index contributed by atoms with van der Waals surface area (Å²) in [5.41, 5.74) is 0.255. The van der Waals surface area contributed by atoms with E-state index in [1.807, 2.05) is 19.9 Å². The lowest BCUT2D eigenvalue weighted by Crippen LogP contribution is -2.49. The molecule has 0 radical (unpaired) electrons. The van der Waals surface area contributed by atoms with Crippen LogP contribution in [0.15, 0.2) is 12.7 Å². The van der Waals surface area contributed by atoms with Crippen LogP contribution in [0, 0.1) is 17.3 Å². The fraction of sp³-hybridized carbons (Fsp3) is 0.800. The Bertz CT molecular complexity index is 283. The Kier molecular flexibility index (Phi) is 4.79. The SMILES string of the molecule is C=CCC1(C(C)C)CCCN(C(=O)C(C)C)C1. The highest BCUT2D eigenvalue weighted by atomic mass is 16.2.